The van der Waals surface area contributed by atoms with Gasteiger partial charge in [0.2, 0.25) is 11.8 Å². The summed E-state index contributed by atoms with van der Waals surface area (Å²) in [6.45, 7) is 4.71. The molecular formula is C24H30N2O3S. The molecule has 2 atom stereocenters. The van der Waals surface area contributed by atoms with Crippen LogP contribution in [0.2, 0.25) is 0 Å². The maximum atomic E-state index is 13.1. The van der Waals surface area contributed by atoms with Crippen LogP contribution in [0.25, 0.3) is 0 Å². The zero-order valence-electron chi connectivity index (χ0n) is 17.9. The van der Waals surface area contributed by atoms with E-state index in [4.69, 9.17) is 0 Å². The number of amides is 2. The molecule has 1 saturated heterocycles. The van der Waals surface area contributed by atoms with Crippen LogP contribution in [-0.2, 0) is 21.5 Å². The second kappa shape index (κ2) is 9.67. The number of aliphatic hydroxyl groups is 1. The molecule has 1 aliphatic heterocycles. The third kappa shape index (κ3) is 4.87. The summed E-state index contributed by atoms with van der Waals surface area (Å²) in [4.78, 5) is 27.1. The molecule has 0 spiro atoms. The van der Waals surface area contributed by atoms with E-state index in [9.17, 15) is 14.7 Å². The van der Waals surface area contributed by atoms with Crippen molar-refractivity contribution in [2.75, 3.05) is 25.1 Å². The molecule has 0 radical (unpaired) electrons. The maximum absolute atomic E-state index is 13.1. The van der Waals surface area contributed by atoms with Crippen molar-refractivity contribution in [1.82, 2.24) is 10.2 Å². The summed E-state index contributed by atoms with van der Waals surface area (Å²) >= 11 is 1.47. The van der Waals surface area contributed by atoms with Crippen molar-refractivity contribution in [1.29, 1.82) is 0 Å². The van der Waals surface area contributed by atoms with Gasteiger partial charge in [0, 0.05) is 13.1 Å². The summed E-state index contributed by atoms with van der Waals surface area (Å²) in [6, 6.07) is 15.7. The Morgan fingerprint density at radius 2 is 1.93 bits per heavy atom. The smallest absolute Gasteiger partial charge is 0.232 e. The average molecular weight is 427 g/mol. The Morgan fingerprint density at radius 1 is 1.20 bits per heavy atom. The summed E-state index contributed by atoms with van der Waals surface area (Å²) in [6.07, 6.45) is 1.72. The van der Waals surface area contributed by atoms with Crippen molar-refractivity contribution >= 4 is 23.6 Å². The Labute approximate surface area is 182 Å². The predicted molar refractivity (Wildman–Crippen MR) is 121 cm³/mol. The Morgan fingerprint density at radius 3 is 2.60 bits per heavy atom. The van der Waals surface area contributed by atoms with E-state index in [1.165, 1.54) is 11.8 Å². The fourth-order valence-electron chi connectivity index (χ4n) is 4.12. The summed E-state index contributed by atoms with van der Waals surface area (Å²) < 4.78 is 0. The fraction of sp³-hybridized carbons (Fsp3) is 0.417. The first kappa shape index (κ1) is 22.4. The number of aryl methyl sites for hydroxylation is 2. The molecule has 2 aromatic rings. The number of nitrogens with one attached hydrogen (secondary N) is 1. The van der Waals surface area contributed by atoms with E-state index in [0.29, 0.717) is 18.7 Å². The van der Waals surface area contributed by atoms with Gasteiger partial charge in [-0.1, -0.05) is 54.1 Å². The lowest BCUT2D eigenvalue weighted by Gasteiger charge is -2.46. The van der Waals surface area contributed by atoms with Gasteiger partial charge < -0.3 is 15.3 Å². The molecule has 30 heavy (non-hydrogen) atoms. The molecule has 0 aromatic heterocycles. The predicted octanol–water partition coefficient (Wildman–Crippen LogP) is 2.81. The number of carbonyl (C=O) groups is 2. The molecule has 1 fully saturated rings. The van der Waals surface area contributed by atoms with Crippen LogP contribution >= 0.6 is 11.8 Å². The molecule has 5 nitrogen and oxygen atoms in total. The van der Waals surface area contributed by atoms with Crippen LogP contribution in [0.1, 0.15) is 28.7 Å². The fourth-order valence-corrected chi connectivity index (χ4v) is 4.55. The number of benzene rings is 2. The lowest BCUT2D eigenvalue weighted by Crippen LogP contribution is -2.63. The van der Waals surface area contributed by atoms with Crippen LogP contribution in [0.3, 0.4) is 0 Å². The van der Waals surface area contributed by atoms with E-state index in [2.05, 4.69) is 5.32 Å². The lowest BCUT2D eigenvalue weighted by atomic mass is 9.78. The summed E-state index contributed by atoms with van der Waals surface area (Å²) in [5, 5.41) is 14.3. The quantitative estimate of drug-likeness (QED) is 0.745. The highest BCUT2D eigenvalue weighted by Gasteiger charge is 2.45. The molecule has 0 saturated carbocycles. The molecule has 2 aromatic carbocycles. The van der Waals surface area contributed by atoms with E-state index in [0.717, 1.165) is 22.3 Å². The number of piperidine rings is 1. The van der Waals surface area contributed by atoms with Gasteiger partial charge in [-0.15, -0.1) is 0 Å². The number of aliphatic hydroxyl groups excluding tert-OH is 1. The van der Waals surface area contributed by atoms with E-state index in [1.54, 1.807) is 4.90 Å². The average Bonchev–Trinajstić information content (AvgIpc) is 2.73. The van der Waals surface area contributed by atoms with Crippen molar-refractivity contribution in [3.8, 4) is 0 Å². The summed E-state index contributed by atoms with van der Waals surface area (Å²) in [5.41, 5.74) is 3.12. The largest absolute Gasteiger partial charge is 0.388 e. The van der Waals surface area contributed by atoms with Crippen LogP contribution in [0, 0.1) is 13.8 Å². The second-order valence-corrected chi connectivity index (χ2v) is 8.90. The number of hydrogen-bond acceptors (Lipinski definition) is 4. The Kier molecular flexibility index (Phi) is 7.21. The van der Waals surface area contributed by atoms with Gasteiger partial charge in [0.05, 0.1) is 23.8 Å². The first-order valence-electron chi connectivity index (χ1n) is 10.2. The molecule has 3 rings (SSSR count). The minimum absolute atomic E-state index is 0.0184. The molecule has 0 unspecified atom stereocenters. The van der Waals surface area contributed by atoms with Crippen molar-refractivity contribution in [3.63, 3.8) is 0 Å². The zero-order valence-corrected chi connectivity index (χ0v) is 18.7. The Hall–Kier alpha value is -2.31. The van der Waals surface area contributed by atoms with Gasteiger partial charge in [-0.25, -0.2) is 0 Å². The third-order valence-electron chi connectivity index (χ3n) is 5.87. The van der Waals surface area contributed by atoms with Gasteiger partial charge in [0.25, 0.3) is 0 Å². The molecule has 1 heterocycles. The van der Waals surface area contributed by atoms with Crippen LogP contribution in [0.4, 0.5) is 0 Å². The van der Waals surface area contributed by atoms with Crippen LogP contribution in [0.5, 0.6) is 0 Å². The third-order valence-corrected chi connectivity index (χ3v) is 6.40. The molecule has 0 aliphatic carbocycles. The van der Waals surface area contributed by atoms with Gasteiger partial charge in [0.1, 0.15) is 0 Å². The second-order valence-electron chi connectivity index (χ2n) is 8.03. The molecule has 2 amide bonds. The molecule has 2 N–H and O–H groups in total. The van der Waals surface area contributed by atoms with E-state index >= 15 is 0 Å². The first-order chi connectivity index (χ1) is 14.4. The van der Waals surface area contributed by atoms with Crippen LogP contribution < -0.4 is 5.32 Å². The number of likely N-dealkylation sites (tertiary alicyclic amines) is 1. The Balaban J connectivity index is 1.84. The highest BCUT2D eigenvalue weighted by molar-refractivity contribution is 7.99. The van der Waals surface area contributed by atoms with Gasteiger partial charge in [-0.2, -0.15) is 11.8 Å². The molecule has 6 heteroatoms. The molecular weight excluding hydrogens is 396 g/mol. The van der Waals surface area contributed by atoms with Gasteiger partial charge in [0.15, 0.2) is 0 Å². The maximum Gasteiger partial charge on any atom is 0.232 e. The first-order valence-corrected chi connectivity index (χ1v) is 11.6. The number of carbonyl (C=O) groups excluding carboxylic acids is 2. The normalized spacial score (nSPS) is 21.3. The summed E-state index contributed by atoms with van der Waals surface area (Å²) in [5.74, 6) is 0.282. The monoisotopic (exact) mass is 426 g/mol. The minimum atomic E-state index is -0.911. The van der Waals surface area contributed by atoms with Crippen LogP contribution in [0.15, 0.2) is 48.5 Å². The highest BCUT2D eigenvalue weighted by Crippen LogP contribution is 2.34. The van der Waals surface area contributed by atoms with Crippen molar-refractivity contribution < 1.29 is 14.7 Å². The topological polar surface area (TPSA) is 69.6 Å². The molecule has 1 aliphatic rings. The number of hydrogen-bond donors (Lipinski definition) is 2. The van der Waals surface area contributed by atoms with Gasteiger partial charge in [-0.3, -0.25) is 9.59 Å². The Bertz CT molecular complexity index is 903. The van der Waals surface area contributed by atoms with E-state index in [-0.39, 0.29) is 24.8 Å². The number of β-amino-alcohol motifs (C(OH)–C–C–N with tert-alkyl or cyclic N) is 1. The minimum Gasteiger partial charge on any atom is -0.388 e. The van der Waals surface area contributed by atoms with Gasteiger partial charge in [-0.05, 0) is 43.2 Å². The van der Waals surface area contributed by atoms with Crippen molar-refractivity contribution in [3.05, 3.63) is 70.8 Å². The molecule has 160 valence electrons. The molecule has 0 bridgehead atoms. The lowest BCUT2D eigenvalue weighted by molar-refractivity contribution is -0.136. The van der Waals surface area contributed by atoms with E-state index < -0.39 is 11.6 Å². The van der Waals surface area contributed by atoms with E-state index in [1.807, 2.05) is 68.6 Å². The number of nitrogens with zero attached hydrogens (tertiary/aromatic N) is 1. The summed E-state index contributed by atoms with van der Waals surface area (Å²) in [7, 11) is 0. The van der Waals surface area contributed by atoms with Crippen molar-refractivity contribution in [2.24, 2.45) is 0 Å². The number of thioether (sulfide) groups is 1. The van der Waals surface area contributed by atoms with Gasteiger partial charge >= 0.3 is 0 Å². The SMILES string of the molecule is CSCC(=O)N1CC[C@@](NC(=O)Cc2cc(C)ccc2C)(c2ccccc2)[C@H](O)C1. The standard InChI is InChI=1S/C24H30N2O3S/c1-17-9-10-18(2)19(13-17)14-22(28)25-24(20-7-5-4-6-8-20)11-12-26(15-21(24)27)23(29)16-30-3/h4-10,13,21,27H,11-12,14-16H2,1-3H3,(H,25,28)/t21-,24-/m1/s1. The highest BCUT2D eigenvalue weighted by atomic mass is 32.2. The zero-order chi connectivity index (χ0) is 21.7. The number of rotatable bonds is 6. The van der Waals surface area contributed by atoms with Crippen LogP contribution in [-0.4, -0.2) is 53.0 Å². The van der Waals surface area contributed by atoms with Crippen molar-refractivity contribution in [2.45, 2.75) is 38.3 Å².